The van der Waals surface area contributed by atoms with Crippen molar-refractivity contribution in [2.45, 2.75) is 0 Å². The quantitative estimate of drug-likeness (QED) is 0.707. The minimum Gasteiger partial charge on any atom is -0.548 e. The lowest BCUT2D eigenvalue weighted by Gasteiger charge is -2.11. The van der Waals surface area contributed by atoms with Crippen molar-refractivity contribution in [3.05, 3.63) is 75.9 Å². The van der Waals surface area contributed by atoms with Crippen LogP contribution >= 0.6 is 15.9 Å². The Hall–Kier alpha value is -2.93. The predicted molar refractivity (Wildman–Crippen MR) is 94.0 cm³/mol. The highest BCUT2D eigenvalue weighted by Gasteiger charge is 2.14. The van der Waals surface area contributed by atoms with Crippen LogP contribution in [-0.4, -0.2) is 24.3 Å². The van der Waals surface area contributed by atoms with E-state index in [0.29, 0.717) is 11.1 Å². The topological polar surface area (TPSA) is 98.3 Å². The summed E-state index contributed by atoms with van der Waals surface area (Å²) in [6, 6.07) is 15.5. The number of nitrogens with one attached hydrogen (secondary N) is 2. The van der Waals surface area contributed by atoms with Gasteiger partial charge in [-0.2, -0.15) is 0 Å². The van der Waals surface area contributed by atoms with E-state index in [1.54, 1.807) is 48.5 Å². The molecule has 0 aliphatic heterocycles. The van der Waals surface area contributed by atoms with E-state index in [2.05, 4.69) is 26.6 Å². The lowest BCUT2D eigenvalue weighted by Crippen LogP contribution is -2.41. The molecule has 2 amide bonds. The number of benzene rings is 2. The molecular weight excluding hydrogens is 388 g/mol. The van der Waals surface area contributed by atoms with Gasteiger partial charge in [0.15, 0.2) is 0 Å². The summed E-state index contributed by atoms with van der Waals surface area (Å²) in [7, 11) is 0. The van der Waals surface area contributed by atoms with E-state index < -0.39 is 24.3 Å². The molecule has 2 N–H and O–H groups in total. The Kier molecular flexibility index (Phi) is 6.47. The van der Waals surface area contributed by atoms with Crippen molar-refractivity contribution in [3.63, 3.8) is 0 Å². The molecule has 2 aromatic carbocycles. The molecule has 0 aliphatic carbocycles. The first-order valence-corrected chi connectivity index (χ1v) is 8.06. The maximum absolute atomic E-state index is 12.3. The largest absolute Gasteiger partial charge is 0.548 e. The highest BCUT2D eigenvalue weighted by Crippen LogP contribution is 2.11. The number of carbonyl (C=O) groups excluding carboxylic acids is 3. The van der Waals surface area contributed by atoms with Gasteiger partial charge >= 0.3 is 0 Å². The first kappa shape index (κ1) is 18.4. The Balaban J connectivity index is 2.23. The fourth-order valence-electron chi connectivity index (χ4n) is 1.92. The summed E-state index contributed by atoms with van der Waals surface area (Å²) in [6.07, 6.45) is 1.46. The summed E-state index contributed by atoms with van der Waals surface area (Å²) in [5.41, 5.74) is 0.965. The summed E-state index contributed by atoms with van der Waals surface area (Å²) in [6.45, 7) is -0.654. The monoisotopic (exact) mass is 401 g/mol. The summed E-state index contributed by atoms with van der Waals surface area (Å²) in [5.74, 6) is -2.64. The number of rotatable bonds is 6. The molecule has 0 unspecified atom stereocenters. The highest BCUT2D eigenvalue weighted by atomic mass is 79.9. The number of carbonyl (C=O) groups is 3. The van der Waals surface area contributed by atoms with Gasteiger partial charge in [0, 0.05) is 10.0 Å². The average molecular weight is 402 g/mol. The predicted octanol–water partition coefficient (Wildman–Crippen LogP) is 1.09. The third-order valence-corrected chi connectivity index (χ3v) is 3.63. The molecule has 0 spiro atoms. The van der Waals surface area contributed by atoms with Gasteiger partial charge in [0.2, 0.25) is 0 Å². The van der Waals surface area contributed by atoms with E-state index in [-0.39, 0.29) is 5.70 Å². The van der Waals surface area contributed by atoms with Crippen LogP contribution in [0, 0.1) is 0 Å². The highest BCUT2D eigenvalue weighted by molar-refractivity contribution is 9.10. The first-order chi connectivity index (χ1) is 12.0. The van der Waals surface area contributed by atoms with E-state index in [1.165, 1.54) is 6.08 Å². The number of carboxylic acids is 1. The van der Waals surface area contributed by atoms with Crippen LogP contribution in [0.1, 0.15) is 15.9 Å². The number of aliphatic carboxylic acids is 1. The van der Waals surface area contributed by atoms with Crippen molar-refractivity contribution >= 4 is 39.8 Å². The van der Waals surface area contributed by atoms with Gasteiger partial charge in [-0.3, -0.25) is 9.59 Å². The number of halogens is 1. The smallest absolute Gasteiger partial charge is 0.268 e. The standard InChI is InChI=1S/C18H15BrN2O4/c19-14-8-6-13(7-9-14)17(24)21-15(18(25)20-11-16(22)23)10-12-4-2-1-3-5-12/h1-10H,11H2,(H,20,25)(H,21,24)(H,22,23)/p-1/b15-10-. The van der Waals surface area contributed by atoms with E-state index in [4.69, 9.17) is 0 Å². The molecule has 0 saturated heterocycles. The summed E-state index contributed by atoms with van der Waals surface area (Å²) < 4.78 is 0.816. The van der Waals surface area contributed by atoms with Crippen LogP contribution in [0.5, 0.6) is 0 Å². The Morgan fingerprint density at radius 1 is 1.00 bits per heavy atom. The summed E-state index contributed by atoms with van der Waals surface area (Å²) >= 11 is 3.28. The molecular formula is C18H14BrN2O4-. The maximum Gasteiger partial charge on any atom is 0.268 e. The fourth-order valence-corrected chi connectivity index (χ4v) is 2.18. The van der Waals surface area contributed by atoms with E-state index >= 15 is 0 Å². The first-order valence-electron chi connectivity index (χ1n) is 7.27. The van der Waals surface area contributed by atoms with Crippen molar-refractivity contribution < 1.29 is 19.5 Å². The van der Waals surface area contributed by atoms with Crippen molar-refractivity contribution in [2.24, 2.45) is 0 Å². The Morgan fingerprint density at radius 2 is 1.64 bits per heavy atom. The van der Waals surface area contributed by atoms with Crippen molar-refractivity contribution in [3.8, 4) is 0 Å². The Labute approximate surface area is 152 Å². The van der Waals surface area contributed by atoms with E-state index in [9.17, 15) is 19.5 Å². The summed E-state index contributed by atoms with van der Waals surface area (Å²) in [5, 5.41) is 15.2. The SMILES string of the molecule is O=C([O-])CNC(=O)/C(=C/c1ccccc1)NC(=O)c1ccc(Br)cc1. The minimum atomic E-state index is -1.42. The van der Waals surface area contributed by atoms with Crippen LogP contribution in [0.4, 0.5) is 0 Å². The molecule has 128 valence electrons. The van der Waals surface area contributed by atoms with E-state index in [1.807, 2.05) is 6.07 Å². The normalized spacial score (nSPS) is 10.8. The maximum atomic E-state index is 12.3. The molecule has 7 heteroatoms. The fraction of sp³-hybridized carbons (Fsp3) is 0.0556. The second-order valence-corrected chi connectivity index (χ2v) is 5.90. The molecule has 25 heavy (non-hydrogen) atoms. The molecule has 0 saturated carbocycles. The van der Waals surface area contributed by atoms with Gasteiger partial charge in [-0.15, -0.1) is 0 Å². The van der Waals surface area contributed by atoms with Crippen LogP contribution in [0.2, 0.25) is 0 Å². The molecule has 6 nitrogen and oxygen atoms in total. The molecule has 2 rings (SSSR count). The van der Waals surface area contributed by atoms with Crippen molar-refractivity contribution in [1.82, 2.24) is 10.6 Å². The van der Waals surface area contributed by atoms with Gasteiger partial charge in [-0.25, -0.2) is 0 Å². The lowest BCUT2D eigenvalue weighted by atomic mass is 10.1. The molecule has 0 aromatic heterocycles. The molecule has 0 fully saturated rings. The zero-order valence-corrected chi connectivity index (χ0v) is 14.6. The van der Waals surface area contributed by atoms with Gasteiger partial charge < -0.3 is 20.5 Å². The van der Waals surface area contributed by atoms with Gasteiger partial charge in [0.05, 0.1) is 12.5 Å². The minimum absolute atomic E-state index is 0.0691. The second kappa shape index (κ2) is 8.79. The lowest BCUT2D eigenvalue weighted by molar-refractivity contribution is -0.303. The molecule has 0 bridgehead atoms. The molecule has 2 aromatic rings. The molecule has 0 heterocycles. The van der Waals surface area contributed by atoms with Crippen molar-refractivity contribution in [2.75, 3.05) is 6.54 Å². The van der Waals surface area contributed by atoms with E-state index in [0.717, 1.165) is 4.47 Å². The molecule has 0 atom stereocenters. The zero-order valence-electron chi connectivity index (χ0n) is 13.0. The zero-order chi connectivity index (χ0) is 18.2. The second-order valence-electron chi connectivity index (χ2n) is 4.98. The average Bonchev–Trinajstić information content (AvgIpc) is 2.60. The van der Waals surface area contributed by atoms with Crippen LogP contribution in [0.25, 0.3) is 6.08 Å². The number of amides is 2. The van der Waals surface area contributed by atoms with Gasteiger partial charge in [0.25, 0.3) is 11.8 Å². The van der Waals surface area contributed by atoms with Crippen molar-refractivity contribution in [1.29, 1.82) is 0 Å². The van der Waals surface area contributed by atoms with Crippen LogP contribution < -0.4 is 15.7 Å². The Bertz CT molecular complexity index is 802. The number of carboxylic acid groups (broad SMARTS) is 1. The number of hydrogen-bond donors (Lipinski definition) is 2. The number of hydrogen-bond acceptors (Lipinski definition) is 4. The van der Waals surface area contributed by atoms with Gasteiger partial charge in [0.1, 0.15) is 5.70 Å². The third-order valence-electron chi connectivity index (χ3n) is 3.10. The summed E-state index contributed by atoms with van der Waals surface area (Å²) in [4.78, 5) is 35.0. The van der Waals surface area contributed by atoms with Gasteiger partial charge in [-0.05, 0) is 35.9 Å². The molecule has 0 radical (unpaired) electrons. The van der Waals surface area contributed by atoms with Gasteiger partial charge in [-0.1, -0.05) is 46.3 Å². The van der Waals surface area contributed by atoms with Crippen LogP contribution in [-0.2, 0) is 9.59 Å². The Morgan fingerprint density at radius 3 is 2.24 bits per heavy atom. The van der Waals surface area contributed by atoms with Crippen LogP contribution in [0.3, 0.4) is 0 Å². The molecule has 0 aliphatic rings. The third kappa shape index (κ3) is 5.89. The van der Waals surface area contributed by atoms with Crippen LogP contribution in [0.15, 0.2) is 64.8 Å².